The first kappa shape index (κ1) is 17.9. The van der Waals surface area contributed by atoms with Crippen LogP contribution in [0.2, 0.25) is 0 Å². The lowest BCUT2D eigenvalue weighted by Gasteiger charge is -2.28. The molecule has 0 spiro atoms. The molecule has 1 aliphatic carbocycles. The molecule has 1 N–H and O–H groups in total. The summed E-state index contributed by atoms with van der Waals surface area (Å²) < 4.78 is 11.0. The molecule has 0 saturated heterocycles. The first-order valence-electron chi connectivity index (χ1n) is 8.16. The van der Waals surface area contributed by atoms with E-state index in [0.29, 0.717) is 11.8 Å². The number of likely N-dealkylation sites (N-methyl/N-ethyl adjacent to an activating group) is 1. The fraction of sp³-hybridized carbons (Fsp3) is 0.474. The maximum atomic E-state index is 5.65. The van der Waals surface area contributed by atoms with Crippen LogP contribution in [-0.4, -0.2) is 20.7 Å². The standard InChI is InChI=1S/C19H25NO2.ClH/c1-20-13-16(19-7-4-10-22-19)11-14-5-3-6-15-12-17(21-2)8-9-18(14)15;/h4,7-10,12,14,16,20H,3,5-6,11,13H2,1-2H3;1H. The molecule has 0 amide bonds. The van der Waals surface area contributed by atoms with Crippen molar-refractivity contribution < 1.29 is 9.15 Å². The number of nitrogens with one attached hydrogen (secondary N) is 1. The molecule has 2 atom stereocenters. The van der Waals surface area contributed by atoms with Crippen LogP contribution >= 0.6 is 12.4 Å². The van der Waals surface area contributed by atoms with Gasteiger partial charge >= 0.3 is 0 Å². The molecule has 126 valence electrons. The molecule has 2 unspecified atom stereocenters. The van der Waals surface area contributed by atoms with Crippen molar-refractivity contribution in [2.45, 2.75) is 37.5 Å². The van der Waals surface area contributed by atoms with Crippen LogP contribution in [0.4, 0.5) is 0 Å². The highest BCUT2D eigenvalue weighted by Crippen LogP contribution is 2.39. The Bertz CT molecular complexity index is 597. The lowest BCUT2D eigenvalue weighted by atomic mass is 9.77. The third-order valence-corrected chi connectivity index (χ3v) is 4.75. The van der Waals surface area contributed by atoms with Crippen molar-refractivity contribution in [1.29, 1.82) is 0 Å². The van der Waals surface area contributed by atoms with Crippen molar-refractivity contribution >= 4 is 12.4 Å². The van der Waals surface area contributed by atoms with Crippen LogP contribution in [0.15, 0.2) is 41.0 Å². The van der Waals surface area contributed by atoms with E-state index in [1.807, 2.05) is 13.1 Å². The molecule has 2 aromatic rings. The van der Waals surface area contributed by atoms with E-state index in [1.165, 1.54) is 30.4 Å². The number of aryl methyl sites for hydroxylation is 1. The first-order valence-corrected chi connectivity index (χ1v) is 8.16. The van der Waals surface area contributed by atoms with E-state index >= 15 is 0 Å². The van der Waals surface area contributed by atoms with Gasteiger partial charge in [-0.25, -0.2) is 0 Å². The number of rotatable bonds is 6. The topological polar surface area (TPSA) is 34.4 Å². The van der Waals surface area contributed by atoms with Crippen LogP contribution in [0.5, 0.6) is 5.75 Å². The van der Waals surface area contributed by atoms with E-state index in [4.69, 9.17) is 9.15 Å². The van der Waals surface area contributed by atoms with Crippen molar-refractivity contribution in [3.05, 3.63) is 53.5 Å². The maximum absolute atomic E-state index is 5.65. The van der Waals surface area contributed by atoms with E-state index in [2.05, 4.69) is 29.6 Å². The number of hydrogen-bond acceptors (Lipinski definition) is 3. The highest BCUT2D eigenvalue weighted by Gasteiger charge is 2.25. The van der Waals surface area contributed by atoms with Gasteiger partial charge < -0.3 is 14.5 Å². The van der Waals surface area contributed by atoms with Crippen LogP contribution in [-0.2, 0) is 6.42 Å². The summed E-state index contributed by atoms with van der Waals surface area (Å²) in [5.41, 5.74) is 2.96. The van der Waals surface area contributed by atoms with Crippen molar-refractivity contribution in [3.63, 3.8) is 0 Å². The fourth-order valence-electron chi connectivity index (χ4n) is 3.68. The molecule has 3 rings (SSSR count). The zero-order valence-corrected chi connectivity index (χ0v) is 14.7. The number of fused-ring (bicyclic) bond motifs is 1. The molecule has 1 aromatic heterocycles. The summed E-state index contributed by atoms with van der Waals surface area (Å²) in [6.45, 7) is 0.954. The summed E-state index contributed by atoms with van der Waals surface area (Å²) in [4.78, 5) is 0. The minimum atomic E-state index is 0. The van der Waals surface area contributed by atoms with E-state index in [0.717, 1.165) is 24.5 Å². The molecule has 0 bridgehead atoms. The summed E-state index contributed by atoms with van der Waals surface area (Å²) >= 11 is 0. The zero-order valence-electron chi connectivity index (χ0n) is 13.9. The molecule has 0 radical (unpaired) electrons. The number of furan rings is 1. The normalized spacial score (nSPS) is 17.9. The second-order valence-electron chi connectivity index (χ2n) is 6.16. The Kier molecular flexibility index (Phi) is 6.55. The first-order chi connectivity index (χ1) is 10.8. The lowest BCUT2D eigenvalue weighted by molar-refractivity contribution is 0.393. The van der Waals surface area contributed by atoms with Gasteiger partial charge in [-0.3, -0.25) is 0 Å². The average Bonchev–Trinajstić information content (AvgIpc) is 3.08. The van der Waals surface area contributed by atoms with Gasteiger partial charge in [0.25, 0.3) is 0 Å². The molecule has 4 heteroatoms. The molecule has 0 fully saturated rings. The SMILES string of the molecule is CNCC(CC1CCCc2cc(OC)ccc21)c1ccco1.Cl. The van der Waals surface area contributed by atoms with Gasteiger partial charge in [-0.05, 0) is 74.0 Å². The van der Waals surface area contributed by atoms with Gasteiger partial charge in [-0.2, -0.15) is 0 Å². The monoisotopic (exact) mass is 335 g/mol. The van der Waals surface area contributed by atoms with Crippen molar-refractivity contribution in [2.24, 2.45) is 0 Å². The van der Waals surface area contributed by atoms with Crippen LogP contribution in [0, 0.1) is 0 Å². The predicted molar refractivity (Wildman–Crippen MR) is 95.9 cm³/mol. The summed E-state index contributed by atoms with van der Waals surface area (Å²) in [6, 6.07) is 10.6. The van der Waals surface area contributed by atoms with Crippen LogP contribution in [0.3, 0.4) is 0 Å². The number of halogens is 1. The molecule has 1 heterocycles. The highest BCUT2D eigenvalue weighted by molar-refractivity contribution is 5.85. The largest absolute Gasteiger partial charge is 0.497 e. The molecule has 1 aromatic carbocycles. The number of ether oxygens (including phenoxy) is 1. The number of methoxy groups -OCH3 is 1. The zero-order chi connectivity index (χ0) is 15.4. The third-order valence-electron chi connectivity index (χ3n) is 4.75. The Morgan fingerprint density at radius 1 is 1.35 bits per heavy atom. The van der Waals surface area contributed by atoms with Crippen molar-refractivity contribution in [1.82, 2.24) is 5.32 Å². The Labute approximate surface area is 144 Å². The van der Waals surface area contributed by atoms with Crippen LogP contribution in [0.25, 0.3) is 0 Å². The van der Waals surface area contributed by atoms with E-state index in [1.54, 1.807) is 13.4 Å². The molecule has 1 aliphatic rings. The van der Waals surface area contributed by atoms with E-state index < -0.39 is 0 Å². The Morgan fingerprint density at radius 3 is 2.91 bits per heavy atom. The molecular weight excluding hydrogens is 310 g/mol. The van der Waals surface area contributed by atoms with Crippen LogP contribution in [0.1, 0.15) is 48.0 Å². The number of hydrogen-bond donors (Lipinski definition) is 1. The third kappa shape index (κ3) is 4.10. The van der Waals surface area contributed by atoms with E-state index in [9.17, 15) is 0 Å². The Hall–Kier alpha value is -1.45. The van der Waals surface area contributed by atoms with Gasteiger partial charge in [0, 0.05) is 12.5 Å². The van der Waals surface area contributed by atoms with Crippen molar-refractivity contribution in [3.8, 4) is 5.75 Å². The van der Waals surface area contributed by atoms with Gasteiger partial charge in [0.05, 0.1) is 13.4 Å². The van der Waals surface area contributed by atoms with Gasteiger partial charge in [0.15, 0.2) is 0 Å². The van der Waals surface area contributed by atoms with Gasteiger partial charge in [-0.1, -0.05) is 6.07 Å². The Morgan fingerprint density at radius 2 is 2.22 bits per heavy atom. The summed E-state index contributed by atoms with van der Waals surface area (Å²) in [7, 11) is 3.75. The van der Waals surface area contributed by atoms with Gasteiger partial charge in [0.2, 0.25) is 0 Å². The highest BCUT2D eigenvalue weighted by atomic mass is 35.5. The maximum Gasteiger partial charge on any atom is 0.119 e. The molecule has 0 saturated carbocycles. The lowest BCUT2D eigenvalue weighted by Crippen LogP contribution is -2.21. The van der Waals surface area contributed by atoms with Gasteiger partial charge in [0.1, 0.15) is 11.5 Å². The molecule has 0 aliphatic heterocycles. The van der Waals surface area contributed by atoms with Gasteiger partial charge in [-0.15, -0.1) is 12.4 Å². The quantitative estimate of drug-likeness (QED) is 0.842. The van der Waals surface area contributed by atoms with Crippen molar-refractivity contribution in [2.75, 3.05) is 20.7 Å². The second kappa shape index (κ2) is 8.42. The summed E-state index contributed by atoms with van der Waals surface area (Å²) in [5, 5.41) is 3.31. The molecule has 3 nitrogen and oxygen atoms in total. The molecule has 23 heavy (non-hydrogen) atoms. The molecular formula is C19H26ClNO2. The predicted octanol–water partition coefficient (Wildman–Crippen LogP) is 4.52. The summed E-state index contributed by atoms with van der Waals surface area (Å²) in [6.07, 6.45) is 6.60. The minimum Gasteiger partial charge on any atom is -0.497 e. The van der Waals surface area contributed by atoms with Crippen LogP contribution < -0.4 is 10.1 Å². The average molecular weight is 336 g/mol. The summed E-state index contributed by atoms with van der Waals surface area (Å²) in [5.74, 6) is 3.10. The minimum absolute atomic E-state index is 0. The Balaban J connectivity index is 0.00000192. The smallest absolute Gasteiger partial charge is 0.119 e. The number of benzene rings is 1. The second-order valence-corrected chi connectivity index (χ2v) is 6.16. The fourth-order valence-corrected chi connectivity index (χ4v) is 3.68. The van der Waals surface area contributed by atoms with E-state index in [-0.39, 0.29) is 12.4 Å².